The number of benzene rings is 1. The third kappa shape index (κ3) is 3.05. The SMILES string of the molecule is CC(C)(C)OC(=O)N1C(=O)OC[C@H]1c1ccccc1. The van der Waals surface area contributed by atoms with Gasteiger partial charge in [0.1, 0.15) is 18.2 Å². The molecule has 0 saturated carbocycles. The Hall–Kier alpha value is -2.04. The number of imide groups is 1. The first kappa shape index (κ1) is 13.4. The zero-order chi connectivity index (χ0) is 14.0. The van der Waals surface area contributed by atoms with Gasteiger partial charge in [0.2, 0.25) is 0 Å². The molecule has 0 bridgehead atoms. The molecule has 0 aromatic heterocycles. The summed E-state index contributed by atoms with van der Waals surface area (Å²) in [5, 5.41) is 0. The smallest absolute Gasteiger partial charge is 0.420 e. The number of amides is 2. The van der Waals surface area contributed by atoms with E-state index in [1.807, 2.05) is 30.3 Å². The van der Waals surface area contributed by atoms with Gasteiger partial charge in [0.25, 0.3) is 0 Å². The van der Waals surface area contributed by atoms with Crippen molar-refractivity contribution in [1.82, 2.24) is 4.90 Å². The van der Waals surface area contributed by atoms with Gasteiger partial charge in [0, 0.05) is 0 Å². The van der Waals surface area contributed by atoms with Gasteiger partial charge >= 0.3 is 12.2 Å². The van der Waals surface area contributed by atoms with Crippen molar-refractivity contribution in [1.29, 1.82) is 0 Å². The number of ether oxygens (including phenoxy) is 2. The van der Waals surface area contributed by atoms with Crippen LogP contribution >= 0.6 is 0 Å². The molecule has 19 heavy (non-hydrogen) atoms. The molecule has 0 aliphatic carbocycles. The average Bonchev–Trinajstić information content (AvgIpc) is 2.70. The minimum Gasteiger partial charge on any atom is -0.446 e. The summed E-state index contributed by atoms with van der Waals surface area (Å²) in [6.07, 6.45) is -1.34. The molecule has 2 amide bonds. The van der Waals surface area contributed by atoms with Gasteiger partial charge in [-0.15, -0.1) is 0 Å². The Bertz CT molecular complexity index is 478. The first-order valence-electron chi connectivity index (χ1n) is 6.12. The van der Waals surface area contributed by atoms with Crippen LogP contribution in [-0.2, 0) is 9.47 Å². The van der Waals surface area contributed by atoms with Crippen molar-refractivity contribution in [2.24, 2.45) is 0 Å². The van der Waals surface area contributed by atoms with E-state index >= 15 is 0 Å². The molecule has 1 saturated heterocycles. The third-order valence-electron chi connectivity index (χ3n) is 2.65. The van der Waals surface area contributed by atoms with E-state index < -0.39 is 23.8 Å². The van der Waals surface area contributed by atoms with Crippen molar-refractivity contribution < 1.29 is 19.1 Å². The first-order chi connectivity index (χ1) is 8.88. The minimum absolute atomic E-state index is 0.155. The first-order valence-corrected chi connectivity index (χ1v) is 6.12. The Morgan fingerprint density at radius 1 is 1.32 bits per heavy atom. The molecule has 1 aromatic carbocycles. The van der Waals surface area contributed by atoms with E-state index in [0.29, 0.717) is 0 Å². The third-order valence-corrected chi connectivity index (χ3v) is 2.65. The Kier molecular flexibility index (Phi) is 3.46. The monoisotopic (exact) mass is 263 g/mol. The zero-order valence-electron chi connectivity index (χ0n) is 11.3. The molecule has 0 spiro atoms. The van der Waals surface area contributed by atoms with E-state index in [1.165, 1.54) is 0 Å². The molecule has 1 fully saturated rings. The number of rotatable bonds is 1. The molecule has 102 valence electrons. The van der Waals surface area contributed by atoms with E-state index in [-0.39, 0.29) is 6.61 Å². The Morgan fingerprint density at radius 3 is 2.53 bits per heavy atom. The van der Waals surface area contributed by atoms with Crippen LogP contribution in [0.1, 0.15) is 32.4 Å². The lowest BCUT2D eigenvalue weighted by molar-refractivity contribution is 0.0290. The summed E-state index contributed by atoms with van der Waals surface area (Å²) in [7, 11) is 0. The van der Waals surface area contributed by atoms with Gasteiger partial charge in [0.15, 0.2) is 0 Å². The summed E-state index contributed by atoms with van der Waals surface area (Å²) in [6, 6.07) is 8.85. The highest BCUT2D eigenvalue weighted by Gasteiger charge is 2.41. The highest BCUT2D eigenvalue weighted by atomic mass is 16.6. The molecule has 2 rings (SSSR count). The highest BCUT2D eigenvalue weighted by molar-refractivity contribution is 5.90. The second kappa shape index (κ2) is 4.91. The fourth-order valence-electron chi connectivity index (χ4n) is 1.85. The van der Waals surface area contributed by atoms with Crippen LogP contribution in [0.4, 0.5) is 9.59 Å². The average molecular weight is 263 g/mol. The van der Waals surface area contributed by atoms with Crippen molar-refractivity contribution >= 4 is 12.2 Å². The van der Waals surface area contributed by atoms with Gasteiger partial charge in [-0.1, -0.05) is 30.3 Å². The maximum absolute atomic E-state index is 12.1. The molecule has 0 N–H and O–H groups in total. The number of hydrogen-bond acceptors (Lipinski definition) is 4. The Labute approximate surface area is 112 Å². The molecule has 1 aliphatic heterocycles. The quantitative estimate of drug-likeness (QED) is 0.781. The minimum atomic E-state index is -0.677. The predicted octanol–water partition coefficient (Wildman–Crippen LogP) is 3.12. The van der Waals surface area contributed by atoms with Gasteiger partial charge in [-0.3, -0.25) is 0 Å². The maximum Gasteiger partial charge on any atom is 0.420 e. The van der Waals surface area contributed by atoms with Crippen LogP contribution in [0.15, 0.2) is 30.3 Å². The second-order valence-corrected chi connectivity index (χ2v) is 5.35. The van der Waals surface area contributed by atoms with E-state index in [2.05, 4.69) is 0 Å². The van der Waals surface area contributed by atoms with Gasteiger partial charge in [0.05, 0.1) is 0 Å². The highest BCUT2D eigenvalue weighted by Crippen LogP contribution is 2.29. The Balaban J connectivity index is 2.21. The predicted molar refractivity (Wildman–Crippen MR) is 68.6 cm³/mol. The van der Waals surface area contributed by atoms with Gasteiger partial charge in [-0.25, -0.2) is 14.5 Å². The summed E-state index contributed by atoms with van der Waals surface area (Å²) in [6.45, 7) is 5.42. The molecule has 1 aliphatic rings. The van der Waals surface area contributed by atoms with Crippen LogP contribution in [0.5, 0.6) is 0 Å². The lowest BCUT2D eigenvalue weighted by Gasteiger charge is -2.25. The van der Waals surface area contributed by atoms with Crippen LogP contribution in [0.25, 0.3) is 0 Å². The van der Waals surface area contributed by atoms with Crippen LogP contribution in [0.3, 0.4) is 0 Å². The lowest BCUT2D eigenvalue weighted by Crippen LogP contribution is -2.38. The molecule has 1 atom stereocenters. The molecule has 0 unspecified atom stereocenters. The van der Waals surface area contributed by atoms with E-state index in [9.17, 15) is 9.59 Å². The molecule has 1 aromatic rings. The summed E-state index contributed by atoms with van der Waals surface area (Å²) in [5.74, 6) is 0. The molecular weight excluding hydrogens is 246 g/mol. The largest absolute Gasteiger partial charge is 0.446 e. The molecule has 1 heterocycles. The van der Waals surface area contributed by atoms with Crippen LogP contribution < -0.4 is 0 Å². The fourth-order valence-corrected chi connectivity index (χ4v) is 1.85. The fraction of sp³-hybridized carbons (Fsp3) is 0.429. The van der Waals surface area contributed by atoms with Crippen LogP contribution in [0, 0.1) is 0 Å². The summed E-state index contributed by atoms with van der Waals surface area (Å²) < 4.78 is 10.2. The van der Waals surface area contributed by atoms with E-state index in [0.717, 1.165) is 10.5 Å². The van der Waals surface area contributed by atoms with Crippen LogP contribution in [0.2, 0.25) is 0 Å². The van der Waals surface area contributed by atoms with Gasteiger partial charge in [-0.2, -0.15) is 0 Å². The number of carbonyl (C=O) groups is 2. The van der Waals surface area contributed by atoms with Crippen molar-refractivity contribution in [3.8, 4) is 0 Å². The van der Waals surface area contributed by atoms with Crippen molar-refractivity contribution in [2.75, 3.05) is 6.61 Å². The summed E-state index contributed by atoms with van der Waals surface area (Å²) in [4.78, 5) is 24.8. The van der Waals surface area contributed by atoms with Crippen molar-refractivity contribution in [3.63, 3.8) is 0 Å². The summed E-state index contributed by atoms with van der Waals surface area (Å²) in [5.41, 5.74) is 0.195. The topological polar surface area (TPSA) is 55.8 Å². The molecule has 5 nitrogen and oxygen atoms in total. The lowest BCUT2D eigenvalue weighted by atomic mass is 10.1. The van der Waals surface area contributed by atoms with E-state index in [1.54, 1.807) is 20.8 Å². The van der Waals surface area contributed by atoms with Crippen molar-refractivity contribution in [3.05, 3.63) is 35.9 Å². The zero-order valence-corrected chi connectivity index (χ0v) is 11.3. The second-order valence-electron chi connectivity index (χ2n) is 5.35. The van der Waals surface area contributed by atoms with Gasteiger partial charge < -0.3 is 9.47 Å². The molecule has 0 radical (unpaired) electrons. The summed E-state index contributed by atoms with van der Waals surface area (Å²) >= 11 is 0. The normalized spacial score (nSPS) is 19.2. The van der Waals surface area contributed by atoms with Crippen molar-refractivity contribution in [2.45, 2.75) is 32.4 Å². The molecular formula is C14H17NO4. The number of hydrogen-bond donors (Lipinski definition) is 0. The van der Waals surface area contributed by atoms with Crippen LogP contribution in [-0.4, -0.2) is 29.3 Å². The van der Waals surface area contributed by atoms with E-state index in [4.69, 9.17) is 9.47 Å². The number of nitrogens with zero attached hydrogens (tertiary/aromatic N) is 1. The van der Waals surface area contributed by atoms with Gasteiger partial charge in [-0.05, 0) is 26.3 Å². The molecule has 5 heteroatoms. The Morgan fingerprint density at radius 2 is 1.95 bits per heavy atom. The standard InChI is InChI=1S/C14H17NO4/c1-14(2,3)19-13(17)15-11(9-18-12(15)16)10-7-5-4-6-8-10/h4-8,11H,9H2,1-3H3/t11-/m0/s1. The number of carbonyl (C=O) groups excluding carboxylic acids is 2. The maximum atomic E-state index is 12.1. The number of cyclic esters (lactones) is 1.